The van der Waals surface area contributed by atoms with E-state index < -0.39 is 15.9 Å². The fourth-order valence-corrected chi connectivity index (χ4v) is 3.16. The predicted octanol–water partition coefficient (Wildman–Crippen LogP) is 2.35. The van der Waals surface area contributed by atoms with Crippen LogP contribution in [-0.2, 0) is 10.0 Å². The largest absolute Gasteiger partial charge is 0.366 e. The average molecular weight is 355 g/mol. The molecule has 2 aromatic carbocycles. The zero-order valence-corrected chi connectivity index (χ0v) is 12.6. The van der Waals surface area contributed by atoms with Crippen molar-refractivity contribution < 1.29 is 13.2 Å². The van der Waals surface area contributed by atoms with Gasteiger partial charge in [0, 0.05) is 10.0 Å². The first kappa shape index (κ1) is 14.5. The van der Waals surface area contributed by atoms with Crippen LogP contribution in [0, 0.1) is 0 Å². The Labute approximate surface area is 125 Å². The molecular formula is C13H11BrN2O3S. The number of hydrogen-bond donors (Lipinski definition) is 2. The van der Waals surface area contributed by atoms with Crippen molar-refractivity contribution in [1.29, 1.82) is 0 Å². The lowest BCUT2D eigenvalue weighted by Gasteiger charge is -2.09. The summed E-state index contributed by atoms with van der Waals surface area (Å²) in [6.45, 7) is 0. The highest BCUT2D eigenvalue weighted by atomic mass is 79.9. The molecule has 2 rings (SSSR count). The van der Waals surface area contributed by atoms with Crippen LogP contribution in [0.3, 0.4) is 0 Å². The van der Waals surface area contributed by atoms with E-state index >= 15 is 0 Å². The molecule has 2 aromatic rings. The average Bonchev–Trinajstić information content (AvgIpc) is 2.38. The molecule has 0 fully saturated rings. The standard InChI is InChI=1S/C13H11BrN2O3S/c14-10-6-9(13(15)17)7-11(8-10)16-20(18,19)12-4-2-1-3-5-12/h1-8,16H,(H2,15,17). The molecule has 3 N–H and O–H groups in total. The van der Waals surface area contributed by atoms with Crippen LogP contribution in [-0.4, -0.2) is 14.3 Å². The van der Waals surface area contributed by atoms with E-state index in [1.54, 1.807) is 24.3 Å². The van der Waals surface area contributed by atoms with E-state index in [2.05, 4.69) is 20.7 Å². The van der Waals surface area contributed by atoms with Crippen LogP contribution in [0.2, 0.25) is 0 Å². The molecule has 0 radical (unpaired) electrons. The normalized spacial score (nSPS) is 11.1. The molecule has 20 heavy (non-hydrogen) atoms. The van der Waals surface area contributed by atoms with Crippen molar-refractivity contribution in [2.45, 2.75) is 4.90 Å². The van der Waals surface area contributed by atoms with Crippen LogP contribution in [0.4, 0.5) is 5.69 Å². The number of benzene rings is 2. The third-order valence-corrected chi connectivity index (χ3v) is 4.34. The highest BCUT2D eigenvalue weighted by Gasteiger charge is 2.14. The van der Waals surface area contributed by atoms with Crippen molar-refractivity contribution in [2.24, 2.45) is 5.73 Å². The first-order chi connectivity index (χ1) is 9.38. The highest BCUT2D eigenvalue weighted by molar-refractivity contribution is 9.10. The molecular weight excluding hydrogens is 344 g/mol. The summed E-state index contributed by atoms with van der Waals surface area (Å²) in [7, 11) is -3.70. The topological polar surface area (TPSA) is 89.3 Å². The molecule has 0 spiro atoms. The Bertz CT molecular complexity index is 745. The summed E-state index contributed by atoms with van der Waals surface area (Å²) in [5, 5.41) is 0. The number of amides is 1. The van der Waals surface area contributed by atoms with Crippen molar-refractivity contribution >= 4 is 37.5 Å². The van der Waals surface area contributed by atoms with Gasteiger partial charge in [0.1, 0.15) is 0 Å². The number of hydrogen-bond acceptors (Lipinski definition) is 3. The van der Waals surface area contributed by atoms with Crippen molar-refractivity contribution in [3.8, 4) is 0 Å². The van der Waals surface area contributed by atoms with Gasteiger partial charge in [0.2, 0.25) is 5.91 Å². The van der Waals surface area contributed by atoms with E-state index in [1.807, 2.05) is 0 Å². The number of carbonyl (C=O) groups excluding carboxylic acids is 1. The van der Waals surface area contributed by atoms with E-state index in [4.69, 9.17) is 5.73 Å². The van der Waals surface area contributed by atoms with E-state index in [9.17, 15) is 13.2 Å². The van der Waals surface area contributed by atoms with Crippen LogP contribution in [0.15, 0.2) is 57.9 Å². The molecule has 0 saturated heterocycles. The fraction of sp³-hybridized carbons (Fsp3) is 0. The number of anilines is 1. The van der Waals surface area contributed by atoms with Crippen molar-refractivity contribution in [2.75, 3.05) is 4.72 Å². The molecule has 0 aliphatic carbocycles. The van der Waals surface area contributed by atoms with E-state index in [-0.39, 0.29) is 16.1 Å². The minimum absolute atomic E-state index is 0.139. The lowest BCUT2D eigenvalue weighted by atomic mass is 10.2. The molecule has 104 valence electrons. The van der Waals surface area contributed by atoms with Gasteiger partial charge in [0.25, 0.3) is 10.0 Å². The van der Waals surface area contributed by atoms with Gasteiger partial charge in [0.05, 0.1) is 10.6 Å². The quantitative estimate of drug-likeness (QED) is 0.882. The first-order valence-corrected chi connectivity index (χ1v) is 7.84. The van der Waals surface area contributed by atoms with Crippen molar-refractivity contribution in [1.82, 2.24) is 0 Å². The Morgan fingerprint density at radius 3 is 2.35 bits per heavy atom. The minimum atomic E-state index is -3.70. The Kier molecular flexibility index (Phi) is 4.10. The van der Waals surface area contributed by atoms with Crippen molar-refractivity contribution in [3.63, 3.8) is 0 Å². The predicted molar refractivity (Wildman–Crippen MR) is 79.9 cm³/mol. The number of sulfonamides is 1. The highest BCUT2D eigenvalue weighted by Crippen LogP contribution is 2.22. The molecule has 0 unspecified atom stereocenters. The maximum Gasteiger partial charge on any atom is 0.261 e. The molecule has 0 atom stereocenters. The Balaban J connectivity index is 2.37. The summed E-state index contributed by atoms with van der Waals surface area (Å²) >= 11 is 3.20. The Hall–Kier alpha value is -1.86. The molecule has 0 aromatic heterocycles. The molecule has 0 bridgehead atoms. The molecule has 7 heteroatoms. The summed E-state index contributed by atoms with van der Waals surface area (Å²) in [5.74, 6) is -0.633. The van der Waals surface area contributed by atoms with Crippen LogP contribution in [0.1, 0.15) is 10.4 Å². The second-order valence-electron chi connectivity index (χ2n) is 4.01. The molecule has 1 amide bonds. The maximum atomic E-state index is 12.2. The SMILES string of the molecule is NC(=O)c1cc(Br)cc(NS(=O)(=O)c2ccccc2)c1. The number of carbonyl (C=O) groups is 1. The van der Waals surface area contributed by atoms with Gasteiger partial charge in [-0.2, -0.15) is 0 Å². The van der Waals surface area contributed by atoms with Crippen LogP contribution in [0.5, 0.6) is 0 Å². The summed E-state index contributed by atoms with van der Waals surface area (Å²) in [6.07, 6.45) is 0. The van der Waals surface area contributed by atoms with E-state index in [1.165, 1.54) is 24.3 Å². The molecule has 0 saturated carbocycles. The van der Waals surface area contributed by atoms with Gasteiger partial charge in [0.15, 0.2) is 0 Å². The van der Waals surface area contributed by atoms with Crippen LogP contribution >= 0.6 is 15.9 Å². The summed E-state index contributed by atoms with van der Waals surface area (Å²) in [6, 6.07) is 12.4. The number of nitrogens with one attached hydrogen (secondary N) is 1. The molecule has 0 aliphatic rings. The van der Waals surface area contributed by atoms with Gasteiger partial charge in [-0.3, -0.25) is 9.52 Å². The number of primary amides is 1. The Morgan fingerprint density at radius 2 is 1.75 bits per heavy atom. The number of rotatable bonds is 4. The van der Waals surface area contributed by atoms with E-state index in [0.29, 0.717) is 4.47 Å². The third-order valence-electron chi connectivity index (χ3n) is 2.49. The number of nitrogens with two attached hydrogens (primary N) is 1. The number of halogens is 1. The lowest BCUT2D eigenvalue weighted by molar-refractivity contribution is 0.1000. The first-order valence-electron chi connectivity index (χ1n) is 5.57. The van der Waals surface area contributed by atoms with E-state index in [0.717, 1.165) is 0 Å². The zero-order valence-electron chi connectivity index (χ0n) is 10.2. The van der Waals surface area contributed by atoms with Crippen LogP contribution in [0.25, 0.3) is 0 Å². The monoisotopic (exact) mass is 354 g/mol. The molecule has 0 aliphatic heterocycles. The van der Waals surface area contributed by atoms with Gasteiger partial charge >= 0.3 is 0 Å². The zero-order chi connectivity index (χ0) is 14.8. The van der Waals surface area contributed by atoms with Gasteiger partial charge in [-0.1, -0.05) is 34.1 Å². The maximum absolute atomic E-state index is 12.2. The summed E-state index contributed by atoms with van der Waals surface area (Å²) in [4.78, 5) is 11.3. The van der Waals surface area contributed by atoms with Gasteiger partial charge < -0.3 is 5.73 Å². The fourth-order valence-electron chi connectivity index (χ4n) is 1.60. The lowest BCUT2D eigenvalue weighted by Crippen LogP contribution is -2.15. The van der Waals surface area contributed by atoms with Crippen LogP contribution < -0.4 is 10.5 Å². The van der Waals surface area contributed by atoms with Gasteiger partial charge in [-0.05, 0) is 30.3 Å². The second kappa shape index (κ2) is 5.64. The Morgan fingerprint density at radius 1 is 1.10 bits per heavy atom. The van der Waals surface area contributed by atoms with Gasteiger partial charge in [-0.15, -0.1) is 0 Å². The third kappa shape index (κ3) is 3.37. The molecule has 5 nitrogen and oxygen atoms in total. The second-order valence-corrected chi connectivity index (χ2v) is 6.61. The summed E-state index contributed by atoms with van der Waals surface area (Å²) in [5.41, 5.74) is 5.66. The molecule has 0 heterocycles. The van der Waals surface area contributed by atoms with Crippen molar-refractivity contribution in [3.05, 3.63) is 58.6 Å². The summed E-state index contributed by atoms with van der Waals surface area (Å²) < 4.78 is 27.3. The smallest absolute Gasteiger partial charge is 0.261 e. The minimum Gasteiger partial charge on any atom is -0.366 e. The van der Waals surface area contributed by atoms with Gasteiger partial charge in [-0.25, -0.2) is 8.42 Å².